The molecule has 0 unspecified atom stereocenters. The second-order valence-corrected chi connectivity index (χ2v) is 4.28. The molecule has 0 aliphatic rings. The Kier molecular flexibility index (Phi) is 5.69. The van der Waals surface area contributed by atoms with Crippen molar-refractivity contribution in [3.05, 3.63) is 39.4 Å². The summed E-state index contributed by atoms with van der Waals surface area (Å²) in [6.45, 7) is 0.404. The summed E-state index contributed by atoms with van der Waals surface area (Å²) in [4.78, 5) is 0. The van der Waals surface area contributed by atoms with Crippen LogP contribution in [0.4, 0.5) is 0 Å². The summed E-state index contributed by atoms with van der Waals surface area (Å²) in [6.07, 6.45) is 3.72. The Bertz CT molecular complexity index is 343. The molecule has 0 heterocycles. The van der Waals surface area contributed by atoms with Gasteiger partial charge in [-0.2, -0.15) is 12.6 Å². The van der Waals surface area contributed by atoms with Crippen LogP contribution in [0.5, 0.6) is 5.75 Å². The number of benzene rings is 1. The van der Waals surface area contributed by atoms with Gasteiger partial charge in [0.05, 0.1) is 10.0 Å². The van der Waals surface area contributed by atoms with Gasteiger partial charge in [0, 0.05) is 10.8 Å². The van der Waals surface area contributed by atoms with Crippen molar-refractivity contribution in [3.63, 3.8) is 0 Å². The first-order valence-corrected chi connectivity index (χ1v) is 5.95. The van der Waals surface area contributed by atoms with Crippen LogP contribution in [0.25, 0.3) is 0 Å². The molecule has 0 fully saturated rings. The minimum Gasteiger partial charge on any atom is -0.486 e. The predicted molar refractivity (Wildman–Crippen MR) is 70.0 cm³/mol. The highest BCUT2D eigenvalue weighted by Crippen LogP contribution is 2.35. The van der Waals surface area contributed by atoms with Crippen LogP contribution in [0.15, 0.2) is 24.3 Å². The van der Waals surface area contributed by atoms with Crippen LogP contribution in [0.2, 0.25) is 15.1 Å². The highest BCUT2D eigenvalue weighted by atomic mass is 35.5. The highest BCUT2D eigenvalue weighted by molar-refractivity contribution is 7.80. The Hall–Kier alpha value is -0.0200. The molecule has 5 heteroatoms. The van der Waals surface area contributed by atoms with E-state index in [-0.39, 0.29) is 0 Å². The molecule has 0 N–H and O–H groups in total. The lowest BCUT2D eigenvalue weighted by molar-refractivity contribution is 0.363. The van der Waals surface area contributed by atoms with Crippen molar-refractivity contribution in [2.45, 2.75) is 0 Å². The summed E-state index contributed by atoms with van der Waals surface area (Å²) >= 11 is 21.6. The molecule has 1 nitrogen and oxygen atoms in total. The van der Waals surface area contributed by atoms with Crippen LogP contribution in [0, 0.1) is 0 Å². The standard InChI is InChI=1S/C10H9Cl3OS/c11-7-5-8(12)10(9(13)6-7)14-3-1-2-4-15/h1-2,5-6,15H,3-4H2. The maximum absolute atomic E-state index is 5.91. The van der Waals surface area contributed by atoms with Gasteiger partial charge in [-0.1, -0.05) is 47.0 Å². The fourth-order valence-corrected chi connectivity index (χ4v) is 2.02. The molecule has 1 aromatic rings. The average Bonchev–Trinajstić information content (AvgIpc) is 2.15. The lowest BCUT2D eigenvalue weighted by atomic mass is 10.3. The van der Waals surface area contributed by atoms with Crippen LogP contribution in [-0.2, 0) is 0 Å². The Morgan fingerprint density at radius 3 is 2.27 bits per heavy atom. The van der Waals surface area contributed by atoms with E-state index in [0.29, 0.717) is 33.2 Å². The third kappa shape index (κ3) is 4.15. The van der Waals surface area contributed by atoms with E-state index >= 15 is 0 Å². The van der Waals surface area contributed by atoms with E-state index in [2.05, 4.69) is 12.6 Å². The van der Waals surface area contributed by atoms with E-state index in [0.717, 1.165) is 0 Å². The summed E-state index contributed by atoms with van der Waals surface area (Å²) in [7, 11) is 0. The monoisotopic (exact) mass is 282 g/mol. The van der Waals surface area contributed by atoms with Gasteiger partial charge in [-0.25, -0.2) is 0 Å². The fourth-order valence-electron chi connectivity index (χ4n) is 0.941. The van der Waals surface area contributed by atoms with Crippen molar-refractivity contribution in [1.82, 2.24) is 0 Å². The Labute approximate surface area is 109 Å². The summed E-state index contributed by atoms with van der Waals surface area (Å²) in [6, 6.07) is 3.18. The lowest BCUT2D eigenvalue weighted by Gasteiger charge is -2.08. The summed E-state index contributed by atoms with van der Waals surface area (Å²) in [5.41, 5.74) is 0. The molecule has 0 bridgehead atoms. The SMILES string of the molecule is SCC=CCOc1c(Cl)cc(Cl)cc1Cl. The number of hydrogen-bond donors (Lipinski definition) is 1. The molecule has 0 spiro atoms. The molecule has 15 heavy (non-hydrogen) atoms. The molecular weight excluding hydrogens is 275 g/mol. The van der Waals surface area contributed by atoms with Crippen LogP contribution < -0.4 is 4.74 Å². The molecule has 0 aliphatic carbocycles. The minimum absolute atomic E-state index is 0.404. The van der Waals surface area contributed by atoms with Crippen molar-refractivity contribution >= 4 is 47.4 Å². The van der Waals surface area contributed by atoms with Crippen molar-refractivity contribution < 1.29 is 4.74 Å². The van der Waals surface area contributed by atoms with E-state index in [9.17, 15) is 0 Å². The molecule has 0 aromatic heterocycles. The van der Waals surface area contributed by atoms with Gasteiger partial charge in [0.2, 0.25) is 0 Å². The zero-order valence-electron chi connectivity index (χ0n) is 7.71. The maximum Gasteiger partial charge on any atom is 0.157 e. The third-order valence-electron chi connectivity index (χ3n) is 1.56. The van der Waals surface area contributed by atoms with E-state index < -0.39 is 0 Å². The Balaban J connectivity index is 2.72. The lowest BCUT2D eigenvalue weighted by Crippen LogP contribution is -1.95. The fraction of sp³-hybridized carbons (Fsp3) is 0.200. The zero-order chi connectivity index (χ0) is 11.3. The van der Waals surface area contributed by atoms with Crippen LogP contribution in [-0.4, -0.2) is 12.4 Å². The molecule has 1 rings (SSSR count). The number of rotatable bonds is 4. The number of ether oxygens (including phenoxy) is 1. The summed E-state index contributed by atoms with van der Waals surface area (Å²) in [5, 5.41) is 1.31. The molecule has 0 aliphatic heterocycles. The largest absolute Gasteiger partial charge is 0.486 e. The molecule has 0 atom stereocenters. The topological polar surface area (TPSA) is 9.23 Å². The number of thiol groups is 1. The van der Waals surface area contributed by atoms with Crippen molar-refractivity contribution in [1.29, 1.82) is 0 Å². The zero-order valence-corrected chi connectivity index (χ0v) is 10.9. The second kappa shape index (κ2) is 6.54. The van der Waals surface area contributed by atoms with Crippen LogP contribution in [0.1, 0.15) is 0 Å². The van der Waals surface area contributed by atoms with Crippen LogP contribution >= 0.6 is 47.4 Å². The van der Waals surface area contributed by atoms with Gasteiger partial charge in [-0.15, -0.1) is 0 Å². The van der Waals surface area contributed by atoms with Gasteiger partial charge in [0.15, 0.2) is 5.75 Å². The minimum atomic E-state index is 0.404. The molecule has 0 saturated carbocycles. The third-order valence-corrected chi connectivity index (χ3v) is 2.55. The van der Waals surface area contributed by atoms with E-state index in [1.54, 1.807) is 12.1 Å². The Morgan fingerprint density at radius 1 is 1.13 bits per heavy atom. The Morgan fingerprint density at radius 2 is 1.73 bits per heavy atom. The average molecular weight is 284 g/mol. The predicted octanol–water partition coefficient (Wildman–Crippen LogP) is 4.51. The van der Waals surface area contributed by atoms with Gasteiger partial charge >= 0.3 is 0 Å². The van der Waals surface area contributed by atoms with E-state index in [1.165, 1.54) is 0 Å². The molecule has 0 saturated heterocycles. The first-order valence-electron chi connectivity index (χ1n) is 4.18. The van der Waals surface area contributed by atoms with Crippen molar-refractivity contribution in [3.8, 4) is 5.75 Å². The van der Waals surface area contributed by atoms with Crippen molar-refractivity contribution in [2.75, 3.05) is 12.4 Å². The molecular formula is C10H9Cl3OS. The number of hydrogen-bond acceptors (Lipinski definition) is 2. The van der Waals surface area contributed by atoms with E-state index in [4.69, 9.17) is 39.5 Å². The first-order chi connectivity index (χ1) is 7.15. The molecule has 0 radical (unpaired) electrons. The molecule has 1 aromatic carbocycles. The first kappa shape index (κ1) is 13.0. The van der Waals surface area contributed by atoms with Gasteiger partial charge < -0.3 is 4.74 Å². The van der Waals surface area contributed by atoms with E-state index in [1.807, 2.05) is 12.2 Å². The summed E-state index contributed by atoms with van der Waals surface area (Å²) < 4.78 is 5.38. The number of halogens is 3. The van der Waals surface area contributed by atoms with Gasteiger partial charge in [-0.05, 0) is 12.1 Å². The van der Waals surface area contributed by atoms with Gasteiger partial charge in [0.1, 0.15) is 6.61 Å². The van der Waals surface area contributed by atoms with Gasteiger partial charge in [0.25, 0.3) is 0 Å². The molecule has 0 amide bonds. The smallest absolute Gasteiger partial charge is 0.157 e. The van der Waals surface area contributed by atoms with Crippen LogP contribution in [0.3, 0.4) is 0 Å². The maximum atomic E-state index is 5.91. The second-order valence-electron chi connectivity index (χ2n) is 2.66. The van der Waals surface area contributed by atoms with Gasteiger partial charge in [-0.3, -0.25) is 0 Å². The summed E-state index contributed by atoms with van der Waals surface area (Å²) in [5.74, 6) is 1.12. The quantitative estimate of drug-likeness (QED) is 0.632. The normalized spacial score (nSPS) is 10.9. The molecule has 82 valence electrons. The highest BCUT2D eigenvalue weighted by Gasteiger charge is 2.07. The van der Waals surface area contributed by atoms with Crippen molar-refractivity contribution in [2.24, 2.45) is 0 Å².